The van der Waals surface area contributed by atoms with Gasteiger partial charge in [0.1, 0.15) is 6.17 Å². The topological polar surface area (TPSA) is 41.1 Å². The van der Waals surface area contributed by atoms with Crippen molar-refractivity contribution in [2.45, 2.75) is 55.4 Å². The van der Waals surface area contributed by atoms with E-state index in [1.54, 1.807) is 18.2 Å². The molecule has 0 radical (unpaired) electrons. The monoisotopic (exact) mass is 432 g/mol. The van der Waals surface area contributed by atoms with Crippen molar-refractivity contribution in [1.82, 2.24) is 5.32 Å². The van der Waals surface area contributed by atoms with Crippen LogP contribution in [0.5, 0.6) is 0 Å². The maximum absolute atomic E-state index is 12.1. The number of rotatable bonds is 9. The normalized spacial score (nSPS) is 12.8. The van der Waals surface area contributed by atoms with E-state index in [4.69, 9.17) is 58.0 Å². The number of carbonyl (C=O) groups excluding carboxylic acids is 1. The van der Waals surface area contributed by atoms with Crippen molar-refractivity contribution in [3.05, 3.63) is 28.2 Å². The van der Waals surface area contributed by atoms with Gasteiger partial charge in [-0.05, 0) is 24.6 Å². The molecule has 0 saturated heterocycles. The molecule has 0 fully saturated rings. The fourth-order valence-corrected chi connectivity index (χ4v) is 2.87. The minimum absolute atomic E-state index is 0.180. The van der Waals surface area contributed by atoms with Gasteiger partial charge in [0.05, 0.1) is 10.7 Å². The molecule has 1 amide bonds. The van der Waals surface area contributed by atoms with Crippen LogP contribution in [-0.4, -0.2) is 15.9 Å². The SMILES string of the molecule is CCCCCCCC(=O)NC(Nc1ccc(Cl)cc1Cl)C(Cl)(Cl)Cl. The molecule has 0 bridgehead atoms. The maximum atomic E-state index is 12.1. The number of carbonyl (C=O) groups is 1. The molecule has 1 rings (SSSR count). The molecule has 1 unspecified atom stereocenters. The summed E-state index contributed by atoms with van der Waals surface area (Å²) >= 11 is 29.9. The zero-order valence-electron chi connectivity index (χ0n) is 13.4. The Morgan fingerprint density at radius 2 is 1.79 bits per heavy atom. The van der Waals surface area contributed by atoms with Gasteiger partial charge in [-0.15, -0.1) is 0 Å². The van der Waals surface area contributed by atoms with Gasteiger partial charge < -0.3 is 10.6 Å². The fraction of sp³-hybridized carbons (Fsp3) is 0.562. The van der Waals surface area contributed by atoms with Gasteiger partial charge in [0.25, 0.3) is 0 Å². The second-order valence-electron chi connectivity index (χ2n) is 5.47. The van der Waals surface area contributed by atoms with Gasteiger partial charge in [0.2, 0.25) is 9.70 Å². The van der Waals surface area contributed by atoms with Crippen molar-refractivity contribution in [2.75, 3.05) is 5.32 Å². The molecule has 0 aromatic heterocycles. The Labute approximate surface area is 168 Å². The molecule has 1 atom stereocenters. The molecule has 0 saturated carbocycles. The van der Waals surface area contributed by atoms with Gasteiger partial charge in [-0.25, -0.2) is 0 Å². The third-order valence-electron chi connectivity index (χ3n) is 3.37. The van der Waals surface area contributed by atoms with E-state index in [-0.39, 0.29) is 5.91 Å². The molecule has 0 aliphatic carbocycles. The smallest absolute Gasteiger partial charge is 0.228 e. The number of unbranched alkanes of at least 4 members (excludes halogenated alkanes) is 4. The summed E-state index contributed by atoms with van der Waals surface area (Å²) in [6.45, 7) is 2.14. The summed E-state index contributed by atoms with van der Waals surface area (Å²) in [7, 11) is 0. The van der Waals surface area contributed by atoms with Crippen molar-refractivity contribution in [1.29, 1.82) is 0 Å². The third-order valence-corrected chi connectivity index (χ3v) is 4.57. The molecule has 8 heteroatoms. The molecule has 0 aliphatic heterocycles. The van der Waals surface area contributed by atoms with Crippen LogP contribution in [0.25, 0.3) is 0 Å². The lowest BCUT2D eigenvalue weighted by Crippen LogP contribution is -2.49. The number of anilines is 1. The highest BCUT2D eigenvalue weighted by atomic mass is 35.6. The molecule has 1 aromatic carbocycles. The Bertz CT molecular complexity index is 534. The van der Waals surface area contributed by atoms with E-state index in [0.717, 1.165) is 25.7 Å². The minimum atomic E-state index is -1.74. The second kappa shape index (κ2) is 10.8. The van der Waals surface area contributed by atoms with Gasteiger partial charge in [-0.3, -0.25) is 4.79 Å². The Morgan fingerprint density at radius 3 is 2.38 bits per heavy atom. The standard InChI is InChI=1S/C16H21Cl5N2O/c1-2-3-4-5-6-7-14(24)23-15(16(19,20)21)22-13-9-8-11(17)10-12(13)18/h8-10,15,22H,2-7H2,1H3,(H,23,24). The van der Waals surface area contributed by atoms with Crippen LogP contribution in [0.2, 0.25) is 10.0 Å². The number of alkyl halides is 3. The summed E-state index contributed by atoms with van der Waals surface area (Å²) in [5.41, 5.74) is 0.514. The van der Waals surface area contributed by atoms with Crippen molar-refractivity contribution in [3.8, 4) is 0 Å². The lowest BCUT2D eigenvalue weighted by atomic mass is 10.1. The highest BCUT2D eigenvalue weighted by Crippen LogP contribution is 2.33. The molecule has 3 nitrogen and oxygen atoms in total. The predicted molar refractivity (Wildman–Crippen MR) is 106 cm³/mol. The first kappa shape index (κ1) is 22.0. The number of benzene rings is 1. The van der Waals surface area contributed by atoms with E-state index in [2.05, 4.69) is 17.6 Å². The maximum Gasteiger partial charge on any atom is 0.228 e. The molecule has 24 heavy (non-hydrogen) atoms. The summed E-state index contributed by atoms with van der Waals surface area (Å²) in [6, 6.07) is 4.88. The number of hydrogen-bond donors (Lipinski definition) is 2. The Balaban J connectivity index is 2.61. The first-order valence-corrected chi connectivity index (χ1v) is 9.70. The second-order valence-corrected chi connectivity index (χ2v) is 8.69. The third kappa shape index (κ3) is 8.35. The molecule has 2 N–H and O–H groups in total. The predicted octanol–water partition coefficient (Wildman–Crippen LogP) is 6.58. The van der Waals surface area contributed by atoms with Crippen LogP contribution in [0.3, 0.4) is 0 Å². The van der Waals surface area contributed by atoms with Crippen molar-refractivity contribution >= 4 is 69.6 Å². The van der Waals surface area contributed by atoms with E-state index in [1.807, 2.05) is 0 Å². The van der Waals surface area contributed by atoms with Crippen LogP contribution < -0.4 is 10.6 Å². The quantitative estimate of drug-likeness (QED) is 0.262. The highest BCUT2D eigenvalue weighted by molar-refractivity contribution is 6.68. The highest BCUT2D eigenvalue weighted by Gasteiger charge is 2.34. The molecule has 1 aromatic rings. The first-order valence-electron chi connectivity index (χ1n) is 7.81. The van der Waals surface area contributed by atoms with Gasteiger partial charge >= 0.3 is 0 Å². The number of hydrogen-bond acceptors (Lipinski definition) is 2. The molecular formula is C16H21Cl5N2O. The van der Waals surface area contributed by atoms with Crippen molar-refractivity contribution in [3.63, 3.8) is 0 Å². The van der Waals surface area contributed by atoms with E-state index >= 15 is 0 Å². The lowest BCUT2D eigenvalue weighted by Gasteiger charge is -2.28. The van der Waals surface area contributed by atoms with Crippen LogP contribution in [0.15, 0.2) is 18.2 Å². The minimum Gasteiger partial charge on any atom is -0.361 e. The number of nitrogens with one attached hydrogen (secondary N) is 2. The van der Waals surface area contributed by atoms with E-state index < -0.39 is 9.96 Å². The van der Waals surface area contributed by atoms with E-state index in [0.29, 0.717) is 22.2 Å². The Hall–Kier alpha value is -0.0600. The Kier molecular flexibility index (Phi) is 9.91. The van der Waals surface area contributed by atoms with Gasteiger partial charge in [0, 0.05) is 11.4 Å². The molecule has 0 spiro atoms. The summed E-state index contributed by atoms with van der Waals surface area (Å²) < 4.78 is -1.74. The van der Waals surface area contributed by atoms with Crippen molar-refractivity contribution < 1.29 is 4.79 Å². The number of halogens is 5. The van der Waals surface area contributed by atoms with Crippen LogP contribution in [-0.2, 0) is 4.79 Å². The molecule has 136 valence electrons. The van der Waals surface area contributed by atoms with Gasteiger partial charge in [-0.2, -0.15) is 0 Å². The zero-order chi connectivity index (χ0) is 18.2. The molecule has 0 aliphatic rings. The average molecular weight is 435 g/mol. The fourth-order valence-electron chi connectivity index (χ4n) is 2.08. The first-order chi connectivity index (χ1) is 11.2. The van der Waals surface area contributed by atoms with Gasteiger partial charge in [0.15, 0.2) is 0 Å². The summed E-state index contributed by atoms with van der Waals surface area (Å²) in [6.07, 6.45) is 4.75. The summed E-state index contributed by atoms with van der Waals surface area (Å²) in [5.74, 6) is -0.180. The largest absolute Gasteiger partial charge is 0.361 e. The van der Waals surface area contributed by atoms with Crippen LogP contribution >= 0.6 is 58.0 Å². The molecule has 0 heterocycles. The average Bonchev–Trinajstić information content (AvgIpc) is 2.48. The van der Waals surface area contributed by atoms with E-state index in [9.17, 15) is 4.79 Å². The lowest BCUT2D eigenvalue weighted by molar-refractivity contribution is -0.121. The zero-order valence-corrected chi connectivity index (χ0v) is 17.1. The van der Waals surface area contributed by atoms with Crippen LogP contribution in [0, 0.1) is 0 Å². The van der Waals surface area contributed by atoms with E-state index in [1.165, 1.54) is 6.42 Å². The Morgan fingerprint density at radius 1 is 1.12 bits per heavy atom. The number of amides is 1. The van der Waals surface area contributed by atoms with Crippen LogP contribution in [0.1, 0.15) is 45.4 Å². The molecular weight excluding hydrogens is 413 g/mol. The van der Waals surface area contributed by atoms with Gasteiger partial charge in [-0.1, -0.05) is 90.6 Å². The van der Waals surface area contributed by atoms with Crippen molar-refractivity contribution in [2.24, 2.45) is 0 Å². The van der Waals surface area contributed by atoms with Crippen LogP contribution in [0.4, 0.5) is 5.69 Å². The summed E-state index contributed by atoms with van der Waals surface area (Å²) in [4.78, 5) is 12.1. The summed E-state index contributed by atoms with van der Waals surface area (Å²) in [5, 5.41) is 6.50.